The number of benzene rings is 1. The lowest BCUT2D eigenvalue weighted by Gasteiger charge is -2.34. The number of hydrogen-bond donors (Lipinski definition) is 1. The predicted molar refractivity (Wildman–Crippen MR) is 120 cm³/mol. The second kappa shape index (κ2) is 10.8. The van der Waals surface area contributed by atoms with Crippen LogP contribution in [0, 0.1) is 11.8 Å². The van der Waals surface area contributed by atoms with E-state index in [-0.39, 0.29) is 24.0 Å². The SMILES string of the molecule is CC(C)[C@H](CN(C)Cc1ccccc1)NC(=O)C1CCN(C(=O)OC(C)(C)C)CC1. The molecular weight excluding hydrogens is 378 g/mol. The maximum Gasteiger partial charge on any atom is 0.410 e. The van der Waals surface area contributed by atoms with Gasteiger partial charge >= 0.3 is 6.09 Å². The fourth-order valence-electron chi connectivity index (χ4n) is 3.67. The first-order valence-electron chi connectivity index (χ1n) is 11.1. The van der Waals surface area contributed by atoms with Gasteiger partial charge in [-0.15, -0.1) is 0 Å². The first-order valence-corrected chi connectivity index (χ1v) is 11.1. The predicted octanol–water partition coefficient (Wildman–Crippen LogP) is 3.91. The van der Waals surface area contributed by atoms with Crippen LogP contribution in [0.3, 0.4) is 0 Å². The van der Waals surface area contributed by atoms with Crippen LogP contribution in [0.15, 0.2) is 30.3 Å². The zero-order valence-electron chi connectivity index (χ0n) is 19.5. The number of likely N-dealkylation sites (tertiary alicyclic amines) is 1. The number of carbonyl (C=O) groups excluding carboxylic acids is 2. The number of ether oxygens (including phenoxy) is 1. The van der Waals surface area contributed by atoms with Gasteiger partial charge in [-0.1, -0.05) is 44.2 Å². The van der Waals surface area contributed by atoms with E-state index in [2.05, 4.69) is 55.4 Å². The van der Waals surface area contributed by atoms with Crippen molar-refractivity contribution in [1.82, 2.24) is 15.1 Å². The lowest BCUT2D eigenvalue weighted by molar-refractivity contribution is -0.127. The van der Waals surface area contributed by atoms with Gasteiger partial charge in [0.25, 0.3) is 0 Å². The van der Waals surface area contributed by atoms with Crippen LogP contribution in [0.1, 0.15) is 53.0 Å². The van der Waals surface area contributed by atoms with Gasteiger partial charge in [-0.2, -0.15) is 0 Å². The molecule has 1 saturated heterocycles. The summed E-state index contributed by atoms with van der Waals surface area (Å²) < 4.78 is 5.44. The molecule has 0 saturated carbocycles. The molecule has 1 heterocycles. The van der Waals surface area contributed by atoms with E-state index in [9.17, 15) is 9.59 Å². The van der Waals surface area contributed by atoms with Gasteiger partial charge < -0.3 is 19.9 Å². The molecule has 2 amide bonds. The summed E-state index contributed by atoms with van der Waals surface area (Å²) in [5, 5.41) is 3.27. The van der Waals surface area contributed by atoms with E-state index in [1.807, 2.05) is 26.8 Å². The summed E-state index contributed by atoms with van der Waals surface area (Å²) in [7, 11) is 2.09. The number of hydrogen-bond acceptors (Lipinski definition) is 4. The third-order valence-corrected chi connectivity index (χ3v) is 5.45. The number of likely N-dealkylation sites (N-methyl/N-ethyl adjacent to an activating group) is 1. The average molecular weight is 418 g/mol. The fraction of sp³-hybridized carbons (Fsp3) is 0.667. The smallest absolute Gasteiger partial charge is 0.410 e. The normalized spacial score (nSPS) is 16.6. The van der Waals surface area contributed by atoms with Crippen LogP contribution in [-0.4, -0.2) is 60.1 Å². The van der Waals surface area contributed by atoms with E-state index in [0.29, 0.717) is 31.8 Å². The number of nitrogens with zero attached hydrogens (tertiary/aromatic N) is 2. The fourth-order valence-corrected chi connectivity index (χ4v) is 3.67. The molecule has 1 aliphatic rings. The van der Waals surface area contributed by atoms with Crippen molar-refractivity contribution in [2.75, 3.05) is 26.7 Å². The molecule has 0 aliphatic carbocycles. The molecule has 0 spiro atoms. The zero-order chi connectivity index (χ0) is 22.3. The molecule has 1 aliphatic heterocycles. The van der Waals surface area contributed by atoms with Crippen molar-refractivity contribution in [3.05, 3.63) is 35.9 Å². The number of nitrogens with one attached hydrogen (secondary N) is 1. The van der Waals surface area contributed by atoms with Gasteiger partial charge in [0.2, 0.25) is 5.91 Å². The molecule has 6 nitrogen and oxygen atoms in total. The van der Waals surface area contributed by atoms with E-state index < -0.39 is 5.60 Å². The van der Waals surface area contributed by atoms with E-state index in [1.54, 1.807) is 4.90 Å². The molecule has 1 atom stereocenters. The third-order valence-electron chi connectivity index (χ3n) is 5.45. The van der Waals surface area contributed by atoms with Crippen LogP contribution >= 0.6 is 0 Å². The molecule has 2 rings (SSSR count). The van der Waals surface area contributed by atoms with Gasteiger partial charge in [0, 0.05) is 38.1 Å². The van der Waals surface area contributed by atoms with Crippen LogP contribution in [0.4, 0.5) is 4.79 Å². The van der Waals surface area contributed by atoms with E-state index in [0.717, 1.165) is 13.1 Å². The Morgan fingerprint density at radius 1 is 1.17 bits per heavy atom. The molecular formula is C24H39N3O3. The molecule has 0 unspecified atom stereocenters. The van der Waals surface area contributed by atoms with Crippen molar-refractivity contribution >= 4 is 12.0 Å². The molecule has 1 aromatic carbocycles. The average Bonchev–Trinajstić information content (AvgIpc) is 2.66. The zero-order valence-corrected chi connectivity index (χ0v) is 19.5. The summed E-state index contributed by atoms with van der Waals surface area (Å²) in [4.78, 5) is 29.1. The standard InChI is InChI=1S/C24H39N3O3/c1-18(2)21(17-26(6)16-19-10-8-7-9-11-19)25-22(28)20-12-14-27(15-13-20)23(29)30-24(3,4)5/h7-11,18,20-21H,12-17H2,1-6H3,(H,25,28)/t21-/m0/s1. The van der Waals surface area contributed by atoms with Crippen LogP contribution in [0.5, 0.6) is 0 Å². The first-order chi connectivity index (χ1) is 14.0. The minimum absolute atomic E-state index is 0.0515. The first kappa shape index (κ1) is 24.2. The van der Waals surface area contributed by atoms with Gasteiger partial charge in [-0.25, -0.2) is 4.79 Å². The van der Waals surface area contributed by atoms with Crippen LogP contribution in [0.25, 0.3) is 0 Å². The highest BCUT2D eigenvalue weighted by molar-refractivity contribution is 5.79. The lowest BCUT2D eigenvalue weighted by Crippen LogP contribution is -2.50. The second-order valence-electron chi connectivity index (χ2n) is 9.78. The molecule has 6 heteroatoms. The Morgan fingerprint density at radius 3 is 2.30 bits per heavy atom. The Bertz CT molecular complexity index is 677. The summed E-state index contributed by atoms with van der Waals surface area (Å²) in [6.45, 7) is 12.7. The molecule has 1 N–H and O–H groups in total. The summed E-state index contributed by atoms with van der Waals surface area (Å²) >= 11 is 0. The van der Waals surface area contributed by atoms with Crippen molar-refractivity contribution in [2.45, 2.75) is 65.6 Å². The Hall–Kier alpha value is -2.08. The minimum Gasteiger partial charge on any atom is -0.444 e. The van der Waals surface area contributed by atoms with Gasteiger partial charge in [0.15, 0.2) is 0 Å². The quantitative estimate of drug-likeness (QED) is 0.731. The Morgan fingerprint density at radius 2 is 1.77 bits per heavy atom. The highest BCUT2D eigenvalue weighted by atomic mass is 16.6. The second-order valence-corrected chi connectivity index (χ2v) is 9.78. The lowest BCUT2D eigenvalue weighted by atomic mass is 9.94. The van der Waals surface area contributed by atoms with Crippen LogP contribution < -0.4 is 5.32 Å². The molecule has 30 heavy (non-hydrogen) atoms. The molecule has 0 bridgehead atoms. The number of piperidine rings is 1. The summed E-state index contributed by atoms with van der Waals surface area (Å²) in [6.07, 6.45) is 1.06. The summed E-state index contributed by atoms with van der Waals surface area (Å²) in [6, 6.07) is 10.5. The Kier molecular flexibility index (Phi) is 8.71. The number of rotatable bonds is 7. The molecule has 0 aromatic heterocycles. The monoisotopic (exact) mass is 417 g/mol. The largest absolute Gasteiger partial charge is 0.444 e. The van der Waals surface area contributed by atoms with Crippen molar-refractivity contribution < 1.29 is 14.3 Å². The summed E-state index contributed by atoms with van der Waals surface area (Å²) in [5.41, 5.74) is 0.769. The van der Waals surface area contributed by atoms with Crippen LogP contribution in [-0.2, 0) is 16.1 Å². The molecule has 168 valence electrons. The van der Waals surface area contributed by atoms with Gasteiger partial charge in [-0.05, 0) is 52.1 Å². The third kappa shape index (κ3) is 7.98. The molecule has 1 fully saturated rings. The van der Waals surface area contributed by atoms with Crippen molar-refractivity contribution in [3.63, 3.8) is 0 Å². The van der Waals surface area contributed by atoms with Crippen molar-refractivity contribution in [2.24, 2.45) is 11.8 Å². The van der Waals surface area contributed by atoms with Gasteiger partial charge in [-0.3, -0.25) is 4.79 Å². The highest BCUT2D eigenvalue weighted by Crippen LogP contribution is 2.20. The van der Waals surface area contributed by atoms with E-state index >= 15 is 0 Å². The van der Waals surface area contributed by atoms with E-state index in [4.69, 9.17) is 4.74 Å². The Labute approximate surface area is 182 Å². The van der Waals surface area contributed by atoms with Crippen molar-refractivity contribution in [1.29, 1.82) is 0 Å². The number of amides is 2. The molecule has 0 radical (unpaired) electrons. The maximum atomic E-state index is 12.9. The number of carbonyl (C=O) groups is 2. The minimum atomic E-state index is -0.498. The summed E-state index contributed by atoms with van der Waals surface area (Å²) in [5.74, 6) is 0.393. The highest BCUT2D eigenvalue weighted by Gasteiger charge is 2.31. The Balaban J connectivity index is 1.83. The van der Waals surface area contributed by atoms with Crippen LogP contribution in [0.2, 0.25) is 0 Å². The van der Waals surface area contributed by atoms with Gasteiger partial charge in [0.05, 0.1) is 0 Å². The molecule has 1 aromatic rings. The van der Waals surface area contributed by atoms with Crippen molar-refractivity contribution in [3.8, 4) is 0 Å². The van der Waals surface area contributed by atoms with Gasteiger partial charge in [0.1, 0.15) is 5.60 Å². The topological polar surface area (TPSA) is 61.9 Å². The van der Waals surface area contributed by atoms with E-state index in [1.165, 1.54) is 5.56 Å². The maximum absolute atomic E-state index is 12.9.